The Hall–Kier alpha value is -1.62. The highest BCUT2D eigenvalue weighted by Gasteiger charge is 2.06. The molecule has 94 valence electrons. The first kappa shape index (κ1) is 12.8. The molecule has 0 aliphatic heterocycles. The van der Waals surface area contributed by atoms with E-state index >= 15 is 0 Å². The van der Waals surface area contributed by atoms with Crippen LogP contribution in [0, 0.1) is 6.92 Å². The molecule has 0 bridgehead atoms. The average Bonchev–Trinajstić information content (AvgIpc) is 2.40. The van der Waals surface area contributed by atoms with Crippen LogP contribution >= 0.6 is 15.9 Å². The lowest BCUT2D eigenvalue weighted by Gasteiger charge is -2.10. The minimum absolute atomic E-state index is 0.692. The number of nitrogens with zero attached hydrogens (tertiary/aromatic N) is 2. The summed E-state index contributed by atoms with van der Waals surface area (Å²) in [7, 11) is 0. The molecule has 2 aromatic heterocycles. The van der Waals surface area contributed by atoms with Crippen LogP contribution in [0.3, 0.4) is 0 Å². The van der Waals surface area contributed by atoms with Crippen molar-refractivity contribution >= 4 is 27.4 Å². The van der Waals surface area contributed by atoms with Crippen LogP contribution in [0.15, 0.2) is 35.1 Å². The maximum Gasteiger partial charge on any atom is 0.140 e. The fourth-order valence-corrected chi connectivity index (χ4v) is 2.04. The first-order valence-electron chi connectivity index (χ1n) is 5.73. The smallest absolute Gasteiger partial charge is 0.140 e. The molecule has 0 spiro atoms. The summed E-state index contributed by atoms with van der Waals surface area (Å²) >= 11 is 3.50. The van der Waals surface area contributed by atoms with Gasteiger partial charge in [0.15, 0.2) is 0 Å². The number of aromatic nitrogens is 2. The lowest BCUT2D eigenvalue weighted by molar-refractivity contribution is 0.952. The van der Waals surface area contributed by atoms with Gasteiger partial charge in [0.2, 0.25) is 0 Å². The van der Waals surface area contributed by atoms with Crippen LogP contribution in [-0.2, 0) is 6.42 Å². The van der Waals surface area contributed by atoms with Gasteiger partial charge >= 0.3 is 0 Å². The van der Waals surface area contributed by atoms with E-state index in [9.17, 15) is 0 Å². The molecular weight excluding hydrogens is 292 g/mol. The van der Waals surface area contributed by atoms with Crippen molar-refractivity contribution in [1.82, 2.24) is 9.97 Å². The quantitative estimate of drug-likeness (QED) is 0.911. The van der Waals surface area contributed by atoms with Crippen molar-refractivity contribution in [1.29, 1.82) is 0 Å². The monoisotopic (exact) mass is 306 g/mol. The molecule has 0 atom stereocenters. The topological polar surface area (TPSA) is 63.8 Å². The van der Waals surface area contributed by atoms with Crippen LogP contribution in [0.1, 0.15) is 11.3 Å². The maximum atomic E-state index is 5.78. The average molecular weight is 307 g/mol. The third kappa shape index (κ3) is 2.98. The number of pyridine rings is 2. The molecule has 0 aliphatic rings. The number of nitrogens with one attached hydrogen (secondary N) is 1. The molecule has 0 fully saturated rings. The predicted molar refractivity (Wildman–Crippen MR) is 77.5 cm³/mol. The minimum Gasteiger partial charge on any atom is -0.397 e. The number of hydrogen-bond donors (Lipinski definition) is 2. The Labute approximate surface area is 115 Å². The number of anilines is 2. The molecule has 0 aromatic carbocycles. The molecule has 0 radical (unpaired) electrons. The minimum atomic E-state index is 0.692. The van der Waals surface area contributed by atoms with Crippen LogP contribution in [-0.4, -0.2) is 16.5 Å². The number of hydrogen-bond acceptors (Lipinski definition) is 4. The summed E-state index contributed by atoms with van der Waals surface area (Å²) in [4.78, 5) is 8.54. The Morgan fingerprint density at radius 3 is 2.89 bits per heavy atom. The highest BCUT2D eigenvalue weighted by Crippen LogP contribution is 2.27. The summed E-state index contributed by atoms with van der Waals surface area (Å²) < 4.78 is 0.920. The van der Waals surface area contributed by atoms with E-state index in [1.165, 1.54) is 0 Å². The van der Waals surface area contributed by atoms with Crippen LogP contribution in [0.5, 0.6) is 0 Å². The van der Waals surface area contributed by atoms with Gasteiger partial charge in [-0.05, 0) is 40.5 Å². The molecule has 0 saturated carbocycles. The molecule has 0 unspecified atom stereocenters. The van der Waals surface area contributed by atoms with Gasteiger partial charge in [0.05, 0.1) is 16.4 Å². The summed E-state index contributed by atoms with van der Waals surface area (Å²) in [6, 6.07) is 5.92. The lowest BCUT2D eigenvalue weighted by Crippen LogP contribution is -2.08. The molecule has 2 aromatic rings. The standard InChI is InChI=1S/C13H15BrN4/c1-9-11(15)8-18-13(12(9)14)17-7-5-10-4-2-3-6-16-10/h2-4,6,8H,5,7,15H2,1H3,(H,17,18). The van der Waals surface area contributed by atoms with E-state index in [2.05, 4.69) is 31.2 Å². The molecule has 2 heterocycles. The first-order valence-corrected chi connectivity index (χ1v) is 6.52. The van der Waals surface area contributed by atoms with Crippen molar-refractivity contribution in [3.63, 3.8) is 0 Å². The van der Waals surface area contributed by atoms with Gasteiger partial charge in [0.1, 0.15) is 5.82 Å². The summed E-state index contributed by atoms with van der Waals surface area (Å²) in [5.41, 5.74) is 8.54. The Balaban J connectivity index is 1.97. The van der Waals surface area contributed by atoms with E-state index in [4.69, 9.17) is 5.73 Å². The molecule has 0 saturated heterocycles. The molecule has 5 heteroatoms. The number of nitrogens with two attached hydrogens (primary N) is 1. The van der Waals surface area contributed by atoms with Crippen LogP contribution in [0.4, 0.5) is 11.5 Å². The van der Waals surface area contributed by atoms with Gasteiger partial charge in [-0.1, -0.05) is 6.07 Å². The van der Waals surface area contributed by atoms with Crippen molar-refractivity contribution in [2.45, 2.75) is 13.3 Å². The van der Waals surface area contributed by atoms with E-state index in [-0.39, 0.29) is 0 Å². The molecule has 0 aliphatic carbocycles. The third-order valence-electron chi connectivity index (χ3n) is 2.70. The van der Waals surface area contributed by atoms with Gasteiger partial charge in [-0.25, -0.2) is 4.98 Å². The van der Waals surface area contributed by atoms with E-state index in [0.717, 1.165) is 34.5 Å². The second kappa shape index (κ2) is 5.82. The van der Waals surface area contributed by atoms with Crippen molar-refractivity contribution in [2.24, 2.45) is 0 Å². The second-order valence-corrected chi connectivity index (χ2v) is 4.79. The Morgan fingerprint density at radius 1 is 1.33 bits per heavy atom. The fraction of sp³-hybridized carbons (Fsp3) is 0.231. The number of halogens is 1. The lowest BCUT2D eigenvalue weighted by atomic mass is 10.2. The van der Waals surface area contributed by atoms with E-state index < -0.39 is 0 Å². The fourth-order valence-electron chi connectivity index (χ4n) is 1.57. The highest BCUT2D eigenvalue weighted by atomic mass is 79.9. The summed E-state index contributed by atoms with van der Waals surface area (Å²) in [6.07, 6.45) is 4.33. The Morgan fingerprint density at radius 2 is 2.17 bits per heavy atom. The van der Waals surface area contributed by atoms with Gasteiger partial charge in [0, 0.05) is 24.9 Å². The highest BCUT2D eigenvalue weighted by molar-refractivity contribution is 9.10. The zero-order valence-electron chi connectivity index (χ0n) is 10.2. The Bertz CT molecular complexity index is 528. The van der Waals surface area contributed by atoms with E-state index in [1.807, 2.05) is 25.1 Å². The van der Waals surface area contributed by atoms with E-state index in [0.29, 0.717) is 5.69 Å². The summed E-state index contributed by atoms with van der Waals surface area (Å²) in [6.45, 7) is 2.75. The summed E-state index contributed by atoms with van der Waals surface area (Å²) in [5.74, 6) is 0.817. The van der Waals surface area contributed by atoms with Gasteiger partial charge < -0.3 is 11.1 Å². The zero-order chi connectivity index (χ0) is 13.0. The molecule has 18 heavy (non-hydrogen) atoms. The third-order valence-corrected chi connectivity index (χ3v) is 3.67. The molecule has 0 amide bonds. The normalized spacial score (nSPS) is 10.3. The summed E-state index contributed by atoms with van der Waals surface area (Å²) in [5, 5.41) is 3.28. The van der Waals surface area contributed by atoms with Gasteiger partial charge in [-0.15, -0.1) is 0 Å². The van der Waals surface area contributed by atoms with Gasteiger partial charge in [-0.3, -0.25) is 4.98 Å². The molecular formula is C13H15BrN4. The van der Waals surface area contributed by atoms with Crippen molar-refractivity contribution in [2.75, 3.05) is 17.6 Å². The zero-order valence-corrected chi connectivity index (χ0v) is 11.7. The predicted octanol–water partition coefficient (Wildman–Crippen LogP) is 2.78. The largest absolute Gasteiger partial charge is 0.397 e. The van der Waals surface area contributed by atoms with Crippen LogP contribution in [0.25, 0.3) is 0 Å². The Kier molecular flexibility index (Phi) is 4.15. The van der Waals surface area contributed by atoms with Gasteiger partial charge in [-0.2, -0.15) is 0 Å². The van der Waals surface area contributed by atoms with E-state index in [1.54, 1.807) is 12.4 Å². The maximum absolute atomic E-state index is 5.78. The molecule has 3 N–H and O–H groups in total. The van der Waals surface area contributed by atoms with Crippen LogP contribution < -0.4 is 11.1 Å². The molecule has 2 rings (SSSR count). The van der Waals surface area contributed by atoms with Gasteiger partial charge in [0.25, 0.3) is 0 Å². The van der Waals surface area contributed by atoms with Crippen LogP contribution in [0.2, 0.25) is 0 Å². The first-order chi connectivity index (χ1) is 8.68. The number of nitrogen functional groups attached to an aromatic ring is 1. The van der Waals surface area contributed by atoms with Crippen molar-refractivity contribution < 1.29 is 0 Å². The second-order valence-electron chi connectivity index (χ2n) is 4.00. The SMILES string of the molecule is Cc1c(N)cnc(NCCc2ccccn2)c1Br. The molecule has 4 nitrogen and oxygen atoms in total. The van der Waals surface area contributed by atoms with Crippen molar-refractivity contribution in [3.05, 3.63) is 46.3 Å². The number of rotatable bonds is 4. The van der Waals surface area contributed by atoms with Crippen molar-refractivity contribution in [3.8, 4) is 0 Å².